The van der Waals surface area contributed by atoms with E-state index in [9.17, 15) is 19.5 Å². The van der Waals surface area contributed by atoms with Gasteiger partial charge in [0.05, 0.1) is 12.7 Å². The van der Waals surface area contributed by atoms with E-state index >= 15 is 0 Å². The normalized spacial score (nSPS) is 41.8. The fourth-order valence-electron chi connectivity index (χ4n) is 7.34. The van der Waals surface area contributed by atoms with Crippen molar-refractivity contribution in [3.63, 3.8) is 0 Å². The Labute approximate surface area is 214 Å². The third-order valence-electron chi connectivity index (χ3n) is 9.36. The molecule has 1 heterocycles. The molecule has 0 aromatic heterocycles. The van der Waals surface area contributed by atoms with Crippen LogP contribution in [-0.4, -0.2) is 61.5 Å². The molecule has 0 aromatic rings. The number of rotatable bonds is 11. The predicted molar refractivity (Wildman–Crippen MR) is 135 cm³/mol. The second-order valence-electron chi connectivity index (χ2n) is 11.0. The third kappa shape index (κ3) is 4.85. The van der Waals surface area contributed by atoms with Crippen LogP contribution in [0.2, 0.25) is 0 Å². The fourth-order valence-corrected chi connectivity index (χ4v) is 7.34. The molecule has 202 valence electrons. The van der Waals surface area contributed by atoms with E-state index in [4.69, 9.17) is 14.2 Å². The van der Waals surface area contributed by atoms with Gasteiger partial charge in [-0.3, -0.25) is 14.4 Å². The van der Waals surface area contributed by atoms with E-state index in [1.165, 1.54) is 11.6 Å². The summed E-state index contributed by atoms with van der Waals surface area (Å²) in [6, 6.07) is 0. The van der Waals surface area contributed by atoms with Crippen molar-refractivity contribution in [1.82, 2.24) is 5.32 Å². The Morgan fingerprint density at radius 2 is 2.06 bits per heavy atom. The summed E-state index contributed by atoms with van der Waals surface area (Å²) >= 11 is 0. The Hall–Kier alpha value is -1.87. The second-order valence-corrected chi connectivity index (χ2v) is 11.0. The standard InChI is InChI=1S/C28H43NO7/c1-6-9-24-35-16-28(36-24,23(33)15-34-18-29-17-31)27(5)14-22(32)25-21(19(27)3)11-10-20(7-2)26(25,4)12-8-13-30/h7-8,12-13,17,19,21-22,24-25,32H,6,9-11,14-16,18H2,1-5H3,(H,29,31)/b12-8-,20-7-/t19?,21-,22-,24?,25?,26-,27?,28?/m0/s1. The molecule has 3 fully saturated rings. The SMILES string of the molecule is C/C=C1/CC[C@H]2C(C)C(C)(C3(C(=O)COCNC=O)COC(CCC)O3)C[C@H](O)C2[C@@]1(C)/C=C\C=O. The van der Waals surface area contributed by atoms with Gasteiger partial charge in [-0.05, 0) is 50.5 Å². The molecule has 1 saturated heterocycles. The van der Waals surface area contributed by atoms with E-state index in [1.807, 2.05) is 26.8 Å². The number of aliphatic hydroxyl groups is 1. The minimum absolute atomic E-state index is 0.0225. The van der Waals surface area contributed by atoms with Crippen molar-refractivity contribution in [2.24, 2.45) is 28.6 Å². The number of ketones is 1. The summed E-state index contributed by atoms with van der Waals surface area (Å²) in [5, 5.41) is 14.2. The van der Waals surface area contributed by atoms with Crippen LogP contribution in [0.1, 0.15) is 66.7 Å². The lowest BCUT2D eigenvalue weighted by Crippen LogP contribution is -2.66. The van der Waals surface area contributed by atoms with Crippen molar-refractivity contribution in [3.05, 3.63) is 23.8 Å². The van der Waals surface area contributed by atoms with E-state index in [0.29, 0.717) is 19.3 Å². The highest BCUT2D eigenvalue weighted by Crippen LogP contribution is 2.63. The summed E-state index contributed by atoms with van der Waals surface area (Å²) in [4.78, 5) is 35.6. The molecule has 0 spiro atoms. The zero-order valence-electron chi connectivity index (χ0n) is 22.3. The zero-order chi connectivity index (χ0) is 26.6. The summed E-state index contributed by atoms with van der Waals surface area (Å²) in [5.74, 6) is -0.192. The van der Waals surface area contributed by atoms with Gasteiger partial charge in [-0.25, -0.2) is 0 Å². The van der Waals surface area contributed by atoms with Crippen LogP contribution in [0.3, 0.4) is 0 Å². The van der Waals surface area contributed by atoms with Gasteiger partial charge in [0.1, 0.15) is 19.6 Å². The quantitative estimate of drug-likeness (QED) is 0.146. The van der Waals surface area contributed by atoms with Gasteiger partial charge in [-0.15, -0.1) is 0 Å². The average Bonchev–Trinajstić information content (AvgIpc) is 3.29. The highest BCUT2D eigenvalue weighted by Gasteiger charge is 2.67. The molecule has 8 heteroatoms. The number of aliphatic hydroxyl groups excluding tert-OH is 1. The maximum atomic E-state index is 13.8. The number of amides is 1. The molecule has 0 bridgehead atoms. The van der Waals surface area contributed by atoms with Gasteiger partial charge < -0.3 is 24.6 Å². The summed E-state index contributed by atoms with van der Waals surface area (Å²) < 4.78 is 17.9. The smallest absolute Gasteiger partial charge is 0.208 e. The number of hydrogen-bond donors (Lipinski definition) is 2. The van der Waals surface area contributed by atoms with Crippen LogP contribution in [0.25, 0.3) is 0 Å². The van der Waals surface area contributed by atoms with Gasteiger partial charge in [-0.1, -0.05) is 51.8 Å². The van der Waals surface area contributed by atoms with E-state index < -0.39 is 28.8 Å². The molecule has 1 aliphatic heterocycles. The van der Waals surface area contributed by atoms with Crippen LogP contribution >= 0.6 is 0 Å². The minimum Gasteiger partial charge on any atom is -0.393 e. The molecule has 0 radical (unpaired) electrons. The number of nitrogens with one attached hydrogen (secondary N) is 1. The molecular weight excluding hydrogens is 462 g/mol. The Balaban J connectivity index is 2.00. The third-order valence-corrected chi connectivity index (χ3v) is 9.36. The van der Waals surface area contributed by atoms with E-state index in [0.717, 1.165) is 25.5 Å². The number of Topliss-reactive ketones (excluding diaryl/α,β-unsaturated/α-hetero) is 1. The number of aldehydes is 1. The van der Waals surface area contributed by atoms with Crippen molar-refractivity contribution in [2.45, 2.75) is 84.7 Å². The largest absolute Gasteiger partial charge is 0.393 e. The summed E-state index contributed by atoms with van der Waals surface area (Å²) in [7, 11) is 0. The molecule has 3 aliphatic rings. The first-order chi connectivity index (χ1) is 17.1. The maximum Gasteiger partial charge on any atom is 0.208 e. The first-order valence-electron chi connectivity index (χ1n) is 13.2. The van der Waals surface area contributed by atoms with Crippen LogP contribution in [0, 0.1) is 28.6 Å². The molecule has 0 aromatic carbocycles. The van der Waals surface area contributed by atoms with Gasteiger partial charge in [-0.2, -0.15) is 0 Å². The molecule has 2 N–H and O–H groups in total. The lowest BCUT2D eigenvalue weighted by atomic mass is 9.45. The Morgan fingerprint density at radius 3 is 2.69 bits per heavy atom. The highest BCUT2D eigenvalue weighted by atomic mass is 16.7. The van der Waals surface area contributed by atoms with E-state index in [2.05, 4.69) is 25.2 Å². The first-order valence-corrected chi connectivity index (χ1v) is 13.2. The van der Waals surface area contributed by atoms with Crippen molar-refractivity contribution < 1.29 is 33.7 Å². The number of ether oxygens (including phenoxy) is 3. The van der Waals surface area contributed by atoms with Crippen molar-refractivity contribution in [1.29, 1.82) is 0 Å². The minimum atomic E-state index is -1.27. The molecule has 1 amide bonds. The Morgan fingerprint density at radius 1 is 1.31 bits per heavy atom. The molecule has 5 unspecified atom stereocenters. The first kappa shape index (κ1) is 28.7. The number of allylic oxidation sites excluding steroid dienone is 4. The topological polar surface area (TPSA) is 111 Å². The number of carbonyl (C=O) groups excluding carboxylic acids is 3. The number of fused-ring (bicyclic) bond motifs is 1. The molecule has 36 heavy (non-hydrogen) atoms. The van der Waals surface area contributed by atoms with Gasteiger partial charge in [0.15, 0.2) is 17.7 Å². The molecule has 8 atom stereocenters. The van der Waals surface area contributed by atoms with E-state index in [-0.39, 0.29) is 43.5 Å². The van der Waals surface area contributed by atoms with Crippen LogP contribution in [-0.2, 0) is 28.6 Å². The fraction of sp³-hybridized carbons (Fsp3) is 0.750. The molecule has 2 saturated carbocycles. The van der Waals surface area contributed by atoms with Crippen molar-refractivity contribution >= 4 is 18.5 Å². The summed E-state index contributed by atoms with van der Waals surface area (Å²) in [5.41, 5.74) is -1.21. The van der Waals surface area contributed by atoms with Gasteiger partial charge >= 0.3 is 0 Å². The Kier molecular flexibility index (Phi) is 9.30. The van der Waals surface area contributed by atoms with Gasteiger partial charge in [0.2, 0.25) is 6.41 Å². The molecule has 2 aliphatic carbocycles. The van der Waals surface area contributed by atoms with Crippen molar-refractivity contribution in [2.75, 3.05) is 19.9 Å². The average molecular weight is 506 g/mol. The molecule has 3 rings (SSSR count). The molecule has 8 nitrogen and oxygen atoms in total. The van der Waals surface area contributed by atoms with Crippen LogP contribution < -0.4 is 5.32 Å². The molecular formula is C28H43NO7. The lowest BCUT2D eigenvalue weighted by Gasteiger charge is -2.61. The number of carbonyl (C=O) groups is 3. The van der Waals surface area contributed by atoms with Gasteiger partial charge in [0, 0.05) is 16.7 Å². The second kappa shape index (κ2) is 11.7. The van der Waals surface area contributed by atoms with E-state index in [1.54, 1.807) is 0 Å². The lowest BCUT2D eigenvalue weighted by molar-refractivity contribution is -0.208. The summed E-state index contributed by atoms with van der Waals surface area (Å²) in [6.45, 7) is 10.2. The zero-order valence-corrected chi connectivity index (χ0v) is 22.3. The van der Waals surface area contributed by atoms with Crippen LogP contribution in [0.4, 0.5) is 0 Å². The van der Waals surface area contributed by atoms with Crippen molar-refractivity contribution in [3.8, 4) is 0 Å². The van der Waals surface area contributed by atoms with Crippen LogP contribution in [0.15, 0.2) is 23.8 Å². The summed E-state index contributed by atoms with van der Waals surface area (Å²) in [6.07, 6.45) is 9.31. The Bertz CT molecular complexity index is 872. The highest BCUT2D eigenvalue weighted by molar-refractivity contribution is 5.90. The predicted octanol–water partition coefficient (Wildman–Crippen LogP) is 3.33. The van der Waals surface area contributed by atoms with Crippen LogP contribution in [0.5, 0.6) is 0 Å². The van der Waals surface area contributed by atoms with Gasteiger partial charge in [0.25, 0.3) is 0 Å². The number of hydrogen-bond acceptors (Lipinski definition) is 7. The monoisotopic (exact) mass is 505 g/mol. The maximum absolute atomic E-state index is 13.8.